The Labute approximate surface area is 115 Å². The molecule has 0 spiro atoms. The maximum atomic E-state index is 11.9. The van der Waals surface area contributed by atoms with Crippen molar-refractivity contribution in [3.05, 3.63) is 12.4 Å². The Hall–Kier alpha value is -1.87. The van der Waals surface area contributed by atoms with E-state index in [0.29, 0.717) is 0 Å². The van der Waals surface area contributed by atoms with Crippen molar-refractivity contribution < 1.29 is 14.4 Å². The summed E-state index contributed by atoms with van der Waals surface area (Å²) in [4.78, 5) is 41.3. The van der Waals surface area contributed by atoms with Gasteiger partial charge in [-0.25, -0.2) is 4.98 Å². The minimum Gasteiger partial charge on any atom is -0.346 e. The molecule has 9 heteroatoms. The number of imidazole rings is 1. The molecule has 0 aliphatic heterocycles. The van der Waals surface area contributed by atoms with E-state index in [0.717, 1.165) is 4.90 Å². The average molecular weight is 284 g/mol. The molecule has 8 nitrogen and oxygen atoms in total. The van der Waals surface area contributed by atoms with E-state index in [2.05, 4.69) is 27.9 Å². The number of nitrogens with one attached hydrogen (secondary N) is 2. The third-order valence-corrected chi connectivity index (χ3v) is 2.60. The molecule has 0 aromatic carbocycles. The summed E-state index contributed by atoms with van der Waals surface area (Å²) in [5.41, 5.74) is 5.44. The minimum absolute atomic E-state index is 0.171. The van der Waals surface area contributed by atoms with Gasteiger partial charge in [-0.1, -0.05) is 0 Å². The van der Waals surface area contributed by atoms with Gasteiger partial charge in [0.1, 0.15) is 0 Å². The van der Waals surface area contributed by atoms with Crippen LogP contribution in [0.3, 0.4) is 0 Å². The summed E-state index contributed by atoms with van der Waals surface area (Å²) in [5.74, 6) is -0.610. The van der Waals surface area contributed by atoms with Crippen LogP contribution < -0.4 is 16.0 Å². The van der Waals surface area contributed by atoms with Gasteiger partial charge in [0.2, 0.25) is 24.0 Å². The van der Waals surface area contributed by atoms with Crippen molar-refractivity contribution >= 4 is 36.7 Å². The number of nitrogens with zero attached hydrogens (tertiary/aromatic N) is 2. The Kier molecular flexibility index (Phi) is 6.03. The molecule has 1 aromatic heterocycles. The van der Waals surface area contributed by atoms with Gasteiger partial charge < -0.3 is 16.0 Å². The summed E-state index contributed by atoms with van der Waals surface area (Å²) in [5, 5.41) is 2.36. The molecule has 0 aliphatic carbocycles. The van der Waals surface area contributed by atoms with Gasteiger partial charge in [0.05, 0.1) is 19.1 Å². The Morgan fingerprint density at radius 1 is 1.63 bits per heavy atom. The molecule has 19 heavy (non-hydrogen) atoms. The zero-order valence-electron chi connectivity index (χ0n) is 10.00. The van der Waals surface area contributed by atoms with Crippen LogP contribution in [-0.2, 0) is 14.4 Å². The normalized spacial score (nSPS) is 11.7. The molecule has 103 valence electrons. The third kappa shape index (κ3) is 4.38. The van der Waals surface area contributed by atoms with Gasteiger partial charge >= 0.3 is 0 Å². The van der Waals surface area contributed by atoms with E-state index in [-0.39, 0.29) is 24.8 Å². The predicted octanol–water partition coefficient (Wildman–Crippen LogP) is -1.77. The summed E-state index contributed by atoms with van der Waals surface area (Å²) >= 11 is 3.87. The SMILES string of the molecule is N[C@@H](CS)C(=O)NCC(=O)N(C[C]=O)c1ncc[nH]1. The second-order valence-electron chi connectivity index (χ2n) is 3.54. The van der Waals surface area contributed by atoms with Gasteiger partial charge in [-0.3, -0.25) is 19.3 Å². The van der Waals surface area contributed by atoms with Crippen molar-refractivity contribution in [2.24, 2.45) is 5.73 Å². The topological polar surface area (TPSA) is 121 Å². The number of hydrogen-bond donors (Lipinski definition) is 4. The summed E-state index contributed by atoms with van der Waals surface area (Å²) in [6.07, 6.45) is 4.55. The van der Waals surface area contributed by atoms with Crippen molar-refractivity contribution in [1.29, 1.82) is 0 Å². The monoisotopic (exact) mass is 284 g/mol. The molecule has 4 N–H and O–H groups in total. The molecule has 1 aromatic rings. The van der Waals surface area contributed by atoms with Crippen LogP contribution in [0.4, 0.5) is 5.95 Å². The molecular formula is C10H14N5O3S. The molecule has 1 atom stereocenters. The highest BCUT2D eigenvalue weighted by Crippen LogP contribution is 2.04. The molecule has 1 rings (SSSR count). The van der Waals surface area contributed by atoms with Gasteiger partial charge in [0.25, 0.3) is 0 Å². The lowest BCUT2D eigenvalue weighted by Crippen LogP contribution is -2.47. The van der Waals surface area contributed by atoms with E-state index in [1.807, 2.05) is 0 Å². The number of hydrogen-bond acceptors (Lipinski definition) is 6. The summed E-state index contributed by atoms with van der Waals surface area (Å²) < 4.78 is 0. The number of aromatic amines is 1. The molecule has 0 bridgehead atoms. The first-order chi connectivity index (χ1) is 9.10. The largest absolute Gasteiger partial charge is 0.346 e. The number of amides is 2. The fourth-order valence-corrected chi connectivity index (χ4v) is 1.39. The third-order valence-electron chi connectivity index (χ3n) is 2.21. The molecule has 1 radical (unpaired) electrons. The number of carbonyl (C=O) groups is 2. The quantitative estimate of drug-likeness (QED) is 0.441. The summed E-state index contributed by atoms with van der Waals surface area (Å²) in [7, 11) is 0. The molecular weight excluding hydrogens is 270 g/mol. The van der Waals surface area contributed by atoms with Crippen LogP contribution in [0.1, 0.15) is 0 Å². The standard InChI is InChI=1S/C10H14N5O3S/c11-7(6-19)9(18)14-5-8(17)15(3-4-16)10-12-1-2-13-10/h1-2,7,19H,3,5-6,11H2,(H,12,13)(H,14,18)/t7-/m0/s1. The second kappa shape index (κ2) is 7.54. The van der Waals surface area contributed by atoms with Crippen LogP contribution in [-0.4, -0.2) is 53.0 Å². The molecule has 0 aliphatic rings. The van der Waals surface area contributed by atoms with E-state index in [4.69, 9.17) is 5.73 Å². The highest BCUT2D eigenvalue weighted by atomic mass is 32.1. The first kappa shape index (κ1) is 15.2. The van der Waals surface area contributed by atoms with Crippen LogP contribution in [0.5, 0.6) is 0 Å². The van der Waals surface area contributed by atoms with E-state index >= 15 is 0 Å². The summed E-state index contributed by atoms with van der Waals surface area (Å²) in [6.45, 7) is -0.566. The molecule has 0 fully saturated rings. The number of H-pyrrole nitrogens is 1. The van der Waals surface area contributed by atoms with Crippen molar-refractivity contribution in [2.75, 3.05) is 23.7 Å². The molecule has 1 heterocycles. The van der Waals surface area contributed by atoms with Crippen molar-refractivity contribution in [1.82, 2.24) is 15.3 Å². The Bertz CT molecular complexity index is 436. The van der Waals surface area contributed by atoms with Gasteiger partial charge in [-0.15, -0.1) is 0 Å². The molecule has 0 saturated heterocycles. The Morgan fingerprint density at radius 2 is 2.37 bits per heavy atom. The van der Waals surface area contributed by atoms with E-state index < -0.39 is 17.9 Å². The van der Waals surface area contributed by atoms with E-state index in [1.54, 1.807) is 6.29 Å². The van der Waals surface area contributed by atoms with Crippen LogP contribution in [0.25, 0.3) is 0 Å². The van der Waals surface area contributed by atoms with Gasteiger partial charge in [0, 0.05) is 18.1 Å². The first-order valence-corrected chi connectivity index (χ1v) is 6.02. The molecule has 2 amide bonds. The maximum absolute atomic E-state index is 11.9. The van der Waals surface area contributed by atoms with Crippen LogP contribution >= 0.6 is 12.6 Å². The van der Waals surface area contributed by atoms with Gasteiger partial charge in [0.15, 0.2) is 0 Å². The molecule has 0 saturated carbocycles. The smallest absolute Gasteiger partial charge is 0.249 e. The number of anilines is 1. The fourth-order valence-electron chi connectivity index (χ4n) is 1.22. The summed E-state index contributed by atoms with van der Waals surface area (Å²) in [6, 6.07) is -0.786. The van der Waals surface area contributed by atoms with Crippen molar-refractivity contribution in [3.63, 3.8) is 0 Å². The van der Waals surface area contributed by atoms with E-state index in [1.165, 1.54) is 12.4 Å². The second-order valence-corrected chi connectivity index (χ2v) is 3.91. The average Bonchev–Trinajstić information content (AvgIpc) is 2.94. The predicted molar refractivity (Wildman–Crippen MR) is 71.5 cm³/mol. The molecule has 0 unspecified atom stereocenters. The number of thiol groups is 1. The van der Waals surface area contributed by atoms with Crippen molar-refractivity contribution in [2.45, 2.75) is 6.04 Å². The fraction of sp³-hybridized carbons (Fsp3) is 0.400. The highest BCUT2D eigenvalue weighted by molar-refractivity contribution is 7.80. The Balaban J connectivity index is 2.59. The van der Waals surface area contributed by atoms with Gasteiger partial charge in [-0.05, 0) is 0 Å². The van der Waals surface area contributed by atoms with Crippen LogP contribution in [0, 0.1) is 0 Å². The first-order valence-electron chi connectivity index (χ1n) is 5.39. The number of rotatable bonds is 7. The number of carbonyl (C=O) groups excluding carboxylic acids is 3. The lowest BCUT2D eigenvalue weighted by molar-refractivity contribution is -0.125. The lowest BCUT2D eigenvalue weighted by Gasteiger charge is -2.17. The van der Waals surface area contributed by atoms with Crippen LogP contribution in [0.15, 0.2) is 12.4 Å². The maximum Gasteiger partial charge on any atom is 0.249 e. The van der Waals surface area contributed by atoms with E-state index in [9.17, 15) is 14.4 Å². The van der Waals surface area contributed by atoms with Crippen molar-refractivity contribution in [3.8, 4) is 0 Å². The lowest BCUT2D eigenvalue weighted by atomic mass is 10.3. The van der Waals surface area contributed by atoms with Crippen LogP contribution in [0.2, 0.25) is 0 Å². The minimum atomic E-state index is -0.786. The number of nitrogens with two attached hydrogens (primary N) is 1. The Morgan fingerprint density at radius 3 is 2.89 bits per heavy atom. The zero-order chi connectivity index (χ0) is 14.3. The number of aromatic nitrogens is 2. The highest BCUT2D eigenvalue weighted by Gasteiger charge is 2.19. The zero-order valence-corrected chi connectivity index (χ0v) is 10.9. The van der Waals surface area contributed by atoms with Gasteiger partial charge in [-0.2, -0.15) is 12.6 Å².